The molecule has 0 radical (unpaired) electrons. The molecule has 1 N–H and O–H groups in total. The number of para-hydroxylation sites is 1. The van der Waals surface area contributed by atoms with Gasteiger partial charge in [0.25, 0.3) is 10.0 Å². The van der Waals surface area contributed by atoms with Crippen LogP contribution in [-0.4, -0.2) is 41.0 Å². The Hall–Kier alpha value is -3.24. The molecule has 0 aromatic heterocycles. The Morgan fingerprint density at radius 3 is 2.14 bits per heavy atom. The van der Waals surface area contributed by atoms with E-state index in [1.54, 1.807) is 6.07 Å². The second-order valence-corrected chi connectivity index (χ2v) is 9.86. The SMILES string of the molecule is CN(CCNC(=O)CN(c1ccc(Cl)c(C(F)(F)F)c1)S(=O)(=O)c1ccccc1)c1ccccc1. The predicted octanol–water partition coefficient (Wildman–Crippen LogP) is 4.81. The number of benzene rings is 3. The highest BCUT2D eigenvalue weighted by Crippen LogP contribution is 2.38. The molecule has 0 aliphatic rings. The number of sulfonamides is 1. The van der Waals surface area contributed by atoms with E-state index in [2.05, 4.69) is 5.32 Å². The number of carbonyl (C=O) groups excluding carboxylic acids is 1. The molecule has 0 bridgehead atoms. The van der Waals surface area contributed by atoms with Crippen LogP contribution in [0.15, 0.2) is 83.8 Å². The average Bonchev–Trinajstić information content (AvgIpc) is 2.83. The van der Waals surface area contributed by atoms with Crippen LogP contribution in [-0.2, 0) is 21.0 Å². The minimum atomic E-state index is -4.81. The number of anilines is 2. The number of likely N-dealkylation sites (N-methyl/N-ethyl adjacent to an activating group) is 1. The fraction of sp³-hybridized carbons (Fsp3) is 0.208. The lowest BCUT2D eigenvalue weighted by atomic mass is 10.2. The summed E-state index contributed by atoms with van der Waals surface area (Å²) in [5.74, 6) is -0.672. The van der Waals surface area contributed by atoms with E-state index in [1.165, 1.54) is 24.3 Å². The highest BCUT2D eigenvalue weighted by molar-refractivity contribution is 7.92. The molecule has 0 aliphatic carbocycles. The van der Waals surface area contributed by atoms with Gasteiger partial charge in [-0.2, -0.15) is 13.2 Å². The van der Waals surface area contributed by atoms with Crippen molar-refractivity contribution >= 4 is 38.9 Å². The van der Waals surface area contributed by atoms with Gasteiger partial charge in [-0.05, 0) is 42.5 Å². The van der Waals surface area contributed by atoms with Crippen LogP contribution in [0, 0.1) is 0 Å². The number of halogens is 4. The summed E-state index contributed by atoms with van der Waals surface area (Å²) < 4.78 is 67.5. The van der Waals surface area contributed by atoms with Crippen molar-refractivity contribution in [2.45, 2.75) is 11.1 Å². The first kappa shape index (κ1) is 26.4. The van der Waals surface area contributed by atoms with Crippen LogP contribution < -0.4 is 14.5 Å². The zero-order chi connectivity index (χ0) is 25.6. The summed E-state index contributed by atoms with van der Waals surface area (Å²) in [5, 5.41) is 2.05. The van der Waals surface area contributed by atoms with Gasteiger partial charge in [0.05, 0.1) is 21.2 Å². The number of amides is 1. The Kier molecular flexibility index (Phi) is 8.29. The van der Waals surface area contributed by atoms with Gasteiger partial charge in [-0.3, -0.25) is 9.10 Å². The number of alkyl halides is 3. The lowest BCUT2D eigenvalue weighted by Gasteiger charge is -2.25. The molecule has 35 heavy (non-hydrogen) atoms. The lowest BCUT2D eigenvalue weighted by molar-refractivity contribution is -0.137. The van der Waals surface area contributed by atoms with E-state index >= 15 is 0 Å². The van der Waals surface area contributed by atoms with Crippen LogP contribution in [0.3, 0.4) is 0 Å². The monoisotopic (exact) mass is 525 g/mol. The van der Waals surface area contributed by atoms with Crippen molar-refractivity contribution in [3.05, 3.63) is 89.4 Å². The fourth-order valence-corrected chi connectivity index (χ4v) is 4.94. The summed E-state index contributed by atoms with van der Waals surface area (Å²) >= 11 is 5.70. The number of hydrogen-bond donors (Lipinski definition) is 1. The summed E-state index contributed by atoms with van der Waals surface area (Å²) in [6.45, 7) is -0.0938. The highest BCUT2D eigenvalue weighted by atomic mass is 35.5. The molecule has 1 amide bonds. The minimum absolute atomic E-state index is 0.167. The molecule has 0 fully saturated rings. The van der Waals surface area contributed by atoms with Crippen LogP contribution in [0.25, 0.3) is 0 Å². The van der Waals surface area contributed by atoms with Gasteiger partial charge in [0.1, 0.15) is 6.54 Å². The molecule has 6 nitrogen and oxygen atoms in total. The van der Waals surface area contributed by atoms with Gasteiger partial charge in [-0.15, -0.1) is 0 Å². The first-order valence-electron chi connectivity index (χ1n) is 10.5. The molecule has 0 unspecified atom stereocenters. The number of nitrogens with one attached hydrogen (secondary N) is 1. The van der Waals surface area contributed by atoms with E-state index in [0.717, 1.165) is 17.8 Å². The zero-order valence-corrected chi connectivity index (χ0v) is 20.2. The Morgan fingerprint density at radius 2 is 1.54 bits per heavy atom. The van der Waals surface area contributed by atoms with Gasteiger partial charge in [0.15, 0.2) is 0 Å². The zero-order valence-electron chi connectivity index (χ0n) is 18.7. The van der Waals surface area contributed by atoms with E-state index in [4.69, 9.17) is 11.6 Å². The molecular formula is C24H23ClF3N3O3S. The van der Waals surface area contributed by atoms with Gasteiger partial charge >= 0.3 is 6.18 Å². The summed E-state index contributed by atoms with van der Waals surface area (Å²) in [6, 6.07) is 19.3. The average molecular weight is 526 g/mol. The quantitative estimate of drug-likeness (QED) is 0.435. The number of rotatable bonds is 9. The summed E-state index contributed by atoms with van der Waals surface area (Å²) in [4.78, 5) is 14.4. The molecule has 0 saturated carbocycles. The summed E-state index contributed by atoms with van der Waals surface area (Å²) in [7, 11) is -2.52. The van der Waals surface area contributed by atoms with Gasteiger partial charge in [-0.1, -0.05) is 48.0 Å². The van der Waals surface area contributed by atoms with E-state index in [-0.39, 0.29) is 17.1 Å². The van der Waals surface area contributed by atoms with E-state index < -0.39 is 39.2 Å². The molecule has 3 rings (SSSR count). The van der Waals surface area contributed by atoms with Gasteiger partial charge in [0, 0.05) is 25.8 Å². The third-order valence-corrected chi connectivity index (χ3v) is 7.25. The Balaban J connectivity index is 1.83. The lowest BCUT2D eigenvalue weighted by Crippen LogP contribution is -2.42. The minimum Gasteiger partial charge on any atom is -0.373 e. The third-order valence-electron chi connectivity index (χ3n) is 5.13. The Morgan fingerprint density at radius 1 is 0.943 bits per heavy atom. The molecule has 0 atom stereocenters. The second-order valence-electron chi connectivity index (χ2n) is 7.59. The highest BCUT2D eigenvalue weighted by Gasteiger charge is 2.35. The number of nitrogens with zero attached hydrogens (tertiary/aromatic N) is 2. The van der Waals surface area contributed by atoms with Crippen molar-refractivity contribution in [3.8, 4) is 0 Å². The molecule has 0 spiro atoms. The van der Waals surface area contributed by atoms with Crippen molar-refractivity contribution in [3.63, 3.8) is 0 Å². The van der Waals surface area contributed by atoms with E-state index in [0.29, 0.717) is 16.9 Å². The topological polar surface area (TPSA) is 69.7 Å². The molecule has 0 heterocycles. The van der Waals surface area contributed by atoms with Crippen molar-refractivity contribution in [2.24, 2.45) is 0 Å². The normalized spacial score (nSPS) is 11.7. The van der Waals surface area contributed by atoms with Crippen LogP contribution in [0.5, 0.6) is 0 Å². The summed E-state index contributed by atoms with van der Waals surface area (Å²) in [6.07, 6.45) is -4.81. The van der Waals surface area contributed by atoms with Crippen LogP contribution in [0.2, 0.25) is 5.02 Å². The van der Waals surface area contributed by atoms with Crippen LogP contribution in [0.4, 0.5) is 24.5 Å². The van der Waals surface area contributed by atoms with E-state index in [9.17, 15) is 26.4 Å². The van der Waals surface area contributed by atoms with E-state index in [1.807, 2.05) is 42.3 Å². The first-order chi connectivity index (χ1) is 16.5. The summed E-state index contributed by atoms with van der Waals surface area (Å²) in [5.41, 5.74) is -0.604. The van der Waals surface area contributed by atoms with Crippen LogP contribution >= 0.6 is 11.6 Å². The molecule has 0 aliphatic heterocycles. The molecule has 186 valence electrons. The second kappa shape index (κ2) is 11.0. The predicted molar refractivity (Wildman–Crippen MR) is 130 cm³/mol. The first-order valence-corrected chi connectivity index (χ1v) is 12.3. The Bertz CT molecular complexity index is 1260. The smallest absolute Gasteiger partial charge is 0.373 e. The number of carbonyl (C=O) groups is 1. The van der Waals surface area contributed by atoms with Crippen molar-refractivity contribution in [1.82, 2.24) is 5.32 Å². The van der Waals surface area contributed by atoms with Crippen molar-refractivity contribution in [2.75, 3.05) is 35.9 Å². The molecule has 0 saturated heterocycles. The maximum Gasteiger partial charge on any atom is 0.417 e. The van der Waals surface area contributed by atoms with Crippen molar-refractivity contribution in [1.29, 1.82) is 0 Å². The largest absolute Gasteiger partial charge is 0.417 e. The maximum absolute atomic E-state index is 13.4. The maximum atomic E-state index is 13.4. The van der Waals surface area contributed by atoms with Gasteiger partial charge < -0.3 is 10.2 Å². The molecule has 3 aromatic rings. The Labute approximate surface area is 207 Å². The molecular weight excluding hydrogens is 503 g/mol. The number of hydrogen-bond acceptors (Lipinski definition) is 4. The standard InChI is InChI=1S/C24H23ClF3N3O3S/c1-30(18-8-4-2-5-9-18)15-14-29-23(32)17-31(35(33,34)20-10-6-3-7-11-20)19-12-13-22(25)21(16-19)24(26,27)28/h2-13,16H,14-15,17H2,1H3,(H,29,32). The fourth-order valence-electron chi connectivity index (χ4n) is 3.28. The van der Waals surface area contributed by atoms with Gasteiger partial charge in [0.2, 0.25) is 5.91 Å². The van der Waals surface area contributed by atoms with Crippen LogP contribution in [0.1, 0.15) is 5.56 Å². The third kappa shape index (κ3) is 6.67. The van der Waals surface area contributed by atoms with Crippen molar-refractivity contribution < 1.29 is 26.4 Å². The molecule has 3 aromatic carbocycles. The van der Waals surface area contributed by atoms with Gasteiger partial charge in [-0.25, -0.2) is 8.42 Å². The molecule has 11 heteroatoms.